The van der Waals surface area contributed by atoms with E-state index in [1.165, 1.54) is 19.0 Å². The molecule has 196 valence electrons. The standard InChI is InChI=1S/C27H30N2O8/c1-10-12-8-9-13(11-6-4-5-7-11)20(30)15(12)21(31)16-14(10)22(32)18-19(29(2)3)23(33)17(26(28)36)25(35)27(18,37)24(16)34/h4,6,8-11,14,18-19,22,30,32-34,37H,5,7H2,1-3H3,(H2,28,36)/t10-,11?,14+,18+,19-,22-,27-/m0/s1. The lowest BCUT2D eigenvalue weighted by Crippen LogP contribution is -2.68. The Labute approximate surface area is 213 Å². The van der Waals surface area contributed by atoms with E-state index < -0.39 is 75.6 Å². The van der Waals surface area contributed by atoms with Crippen LogP contribution in [-0.2, 0) is 9.59 Å². The van der Waals surface area contributed by atoms with Crippen LogP contribution >= 0.6 is 0 Å². The van der Waals surface area contributed by atoms with Crippen LogP contribution < -0.4 is 5.73 Å². The molecule has 4 aliphatic rings. The summed E-state index contributed by atoms with van der Waals surface area (Å²) in [6, 6.07) is 2.19. The van der Waals surface area contributed by atoms with E-state index in [9.17, 15) is 39.9 Å². The van der Waals surface area contributed by atoms with Crippen molar-refractivity contribution < 1.29 is 39.9 Å². The van der Waals surface area contributed by atoms with Crippen molar-refractivity contribution >= 4 is 17.5 Å². The van der Waals surface area contributed by atoms with Crippen LogP contribution in [0.2, 0.25) is 0 Å². The third kappa shape index (κ3) is 3.12. The van der Waals surface area contributed by atoms with Crippen LogP contribution in [0.1, 0.15) is 53.1 Å². The predicted octanol–water partition coefficient (Wildman–Crippen LogP) is 1.09. The molecule has 10 heteroatoms. The van der Waals surface area contributed by atoms with E-state index in [1.807, 2.05) is 12.2 Å². The number of aliphatic hydroxyl groups excluding tert-OH is 3. The van der Waals surface area contributed by atoms with E-state index in [0.29, 0.717) is 11.1 Å². The number of nitrogens with zero attached hydrogens (tertiary/aromatic N) is 1. The summed E-state index contributed by atoms with van der Waals surface area (Å²) in [5, 5.41) is 56.8. The lowest BCUT2D eigenvalue weighted by Gasteiger charge is -2.53. The zero-order chi connectivity index (χ0) is 27.1. The Balaban J connectivity index is 1.76. The van der Waals surface area contributed by atoms with Gasteiger partial charge < -0.3 is 31.3 Å². The van der Waals surface area contributed by atoms with Crippen molar-refractivity contribution in [3.63, 3.8) is 0 Å². The first-order valence-corrected chi connectivity index (χ1v) is 12.2. The van der Waals surface area contributed by atoms with Crippen LogP contribution in [0.3, 0.4) is 0 Å². The molecule has 5 rings (SSSR count). The molecule has 1 aromatic carbocycles. The Hall–Kier alpha value is -3.47. The normalized spacial score (nSPS) is 35.1. The highest BCUT2D eigenvalue weighted by Gasteiger charge is 2.67. The molecule has 0 spiro atoms. The fourth-order valence-electron chi connectivity index (χ4n) is 6.83. The van der Waals surface area contributed by atoms with Crippen molar-refractivity contribution in [3.8, 4) is 5.75 Å². The molecular formula is C27H30N2O8. The number of aliphatic hydroxyl groups is 4. The molecule has 7 atom stereocenters. The molecule has 1 unspecified atom stereocenters. The number of carbonyl (C=O) groups excluding carboxylic acids is 3. The van der Waals surface area contributed by atoms with Gasteiger partial charge in [0.1, 0.15) is 22.8 Å². The number of benzene rings is 1. The number of rotatable bonds is 3. The summed E-state index contributed by atoms with van der Waals surface area (Å²) in [5.74, 6) is -8.84. The lowest BCUT2D eigenvalue weighted by molar-refractivity contribution is -0.162. The largest absolute Gasteiger partial charge is 0.510 e. The predicted molar refractivity (Wildman–Crippen MR) is 131 cm³/mol. The number of hydrogen-bond acceptors (Lipinski definition) is 9. The zero-order valence-corrected chi connectivity index (χ0v) is 20.7. The smallest absolute Gasteiger partial charge is 0.255 e. The third-order valence-corrected chi connectivity index (χ3v) is 8.57. The van der Waals surface area contributed by atoms with Gasteiger partial charge in [0.2, 0.25) is 5.78 Å². The third-order valence-electron chi connectivity index (χ3n) is 8.57. The number of phenolic OH excluding ortho intramolecular Hbond substituents is 1. The molecule has 0 bridgehead atoms. The van der Waals surface area contributed by atoms with Crippen molar-refractivity contribution in [2.45, 2.75) is 49.3 Å². The van der Waals surface area contributed by atoms with Gasteiger partial charge in [-0.15, -0.1) is 0 Å². The van der Waals surface area contributed by atoms with Crippen molar-refractivity contribution in [2.75, 3.05) is 14.1 Å². The van der Waals surface area contributed by atoms with Crippen LogP contribution in [0, 0.1) is 11.8 Å². The molecule has 0 heterocycles. The Kier molecular flexibility index (Phi) is 5.63. The first kappa shape index (κ1) is 25.2. The molecular weight excluding hydrogens is 480 g/mol. The second-order valence-electron chi connectivity index (χ2n) is 10.6. The minimum absolute atomic E-state index is 0.0571. The minimum atomic E-state index is -2.91. The first-order chi connectivity index (χ1) is 17.3. The van der Waals surface area contributed by atoms with E-state index in [4.69, 9.17) is 5.73 Å². The quantitative estimate of drug-likeness (QED) is 0.256. The van der Waals surface area contributed by atoms with Gasteiger partial charge in [0.15, 0.2) is 11.4 Å². The first-order valence-electron chi connectivity index (χ1n) is 12.2. The second-order valence-corrected chi connectivity index (χ2v) is 10.6. The Morgan fingerprint density at radius 2 is 1.78 bits per heavy atom. The van der Waals surface area contributed by atoms with Crippen molar-refractivity contribution in [2.24, 2.45) is 17.6 Å². The minimum Gasteiger partial charge on any atom is -0.510 e. The lowest BCUT2D eigenvalue weighted by atomic mass is 9.55. The maximum atomic E-state index is 13.9. The monoisotopic (exact) mass is 510 g/mol. The van der Waals surface area contributed by atoms with Crippen molar-refractivity contribution in [3.05, 3.63) is 63.6 Å². The summed E-state index contributed by atoms with van der Waals surface area (Å²) in [6.45, 7) is 1.71. The maximum Gasteiger partial charge on any atom is 0.255 e. The average Bonchev–Trinajstić information content (AvgIpc) is 3.35. The highest BCUT2D eigenvalue weighted by atomic mass is 16.4. The summed E-state index contributed by atoms with van der Waals surface area (Å²) in [6.07, 6.45) is 3.93. The van der Waals surface area contributed by atoms with Gasteiger partial charge >= 0.3 is 0 Å². The number of nitrogens with two attached hydrogens (primary N) is 1. The SMILES string of the molecule is C[C@H]1c2ccc(C3C=CCC3)c(O)c2C(=O)C2=C(O)[C@]3(O)C(=O)C(C(N)=O)=C(O)[C@@H](N(C)C)[C@@H]3[C@@H](O)[C@@H]21. The summed E-state index contributed by atoms with van der Waals surface area (Å²) in [4.78, 5) is 40.8. The molecule has 0 saturated carbocycles. The number of amides is 1. The number of phenols is 1. The number of allylic oxidation sites excluding steroid dienone is 2. The second kappa shape index (κ2) is 8.27. The number of primary amides is 1. The number of hydrogen-bond donors (Lipinski definition) is 6. The van der Waals surface area contributed by atoms with Gasteiger partial charge in [-0.2, -0.15) is 0 Å². The van der Waals surface area contributed by atoms with E-state index >= 15 is 0 Å². The Morgan fingerprint density at radius 3 is 2.35 bits per heavy atom. The summed E-state index contributed by atoms with van der Waals surface area (Å²) in [5.41, 5.74) is 2.06. The van der Waals surface area contributed by atoms with Gasteiger partial charge in [-0.3, -0.25) is 19.3 Å². The molecule has 7 N–H and O–H groups in total. The fraction of sp³-hybridized carbons (Fsp3) is 0.444. The van der Waals surface area contributed by atoms with Crippen molar-refractivity contribution in [1.82, 2.24) is 4.90 Å². The molecule has 0 fully saturated rings. The number of ketones is 2. The van der Waals surface area contributed by atoms with E-state index in [1.54, 1.807) is 19.1 Å². The molecule has 4 aliphatic carbocycles. The Morgan fingerprint density at radius 1 is 1.14 bits per heavy atom. The number of carbonyl (C=O) groups is 3. The summed E-state index contributed by atoms with van der Waals surface area (Å²) in [7, 11) is 3.00. The number of likely N-dealkylation sites (N-methyl/N-ethyl adjacent to an activating group) is 1. The summed E-state index contributed by atoms with van der Waals surface area (Å²) >= 11 is 0. The number of fused-ring (bicyclic) bond motifs is 3. The van der Waals surface area contributed by atoms with Crippen molar-refractivity contribution in [1.29, 1.82) is 0 Å². The highest BCUT2D eigenvalue weighted by molar-refractivity contribution is 6.25. The van der Waals surface area contributed by atoms with Gasteiger partial charge in [0.05, 0.1) is 23.6 Å². The summed E-state index contributed by atoms with van der Waals surface area (Å²) < 4.78 is 0. The molecule has 37 heavy (non-hydrogen) atoms. The van der Waals surface area contributed by atoms with Crippen LogP contribution in [0.15, 0.2) is 46.9 Å². The molecule has 1 aromatic rings. The van der Waals surface area contributed by atoms with E-state index in [2.05, 4.69) is 0 Å². The van der Waals surface area contributed by atoms with Gasteiger partial charge in [0.25, 0.3) is 5.91 Å². The average molecular weight is 511 g/mol. The van der Waals surface area contributed by atoms with E-state index in [0.717, 1.165) is 12.8 Å². The van der Waals surface area contributed by atoms with Crippen LogP contribution in [0.5, 0.6) is 5.75 Å². The fourth-order valence-corrected chi connectivity index (χ4v) is 6.83. The molecule has 0 aromatic heterocycles. The molecule has 0 saturated heterocycles. The van der Waals surface area contributed by atoms with Gasteiger partial charge in [0, 0.05) is 23.0 Å². The van der Waals surface area contributed by atoms with Crippen LogP contribution in [0.25, 0.3) is 0 Å². The molecule has 0 radical (unpaired) electrons. The number of Topliss-reactive ketones (excluding diaryl/α,β-unsaturated/α-hetero) is 2. The topological polar surface area (TPSA) is 182 Å². The number of aromatic hydroxyl groups is 1. The molecule has 0 aliphatic heterocycles. The molecule has 10 nitrogen and oxygen atoms in total. The van der Waals surface area contributed by atoms with E-state index in [-0.39, 0.29) is 17.2 Å². The maximum absolute atomic E-state index is 13.9. The Bertz CT molecular complexity index is 1340. The van der Waals surface area contributed by atoms with Gasteiger partial charge in [-0.25, -0.2) is 0 Å². The van der Waals surface area contributed by atoms with Gasteiger partial charge in [-0.05, 0) is 38.4 Å². The van der Waals surface area contributed by atoms with Crippen LogP contribution in [-0.4, -0.2) is 79.7 Å². The van der Waals surface area contributed by atoms with Gasteiger partial charge in [-0.1, -0.05) is 31.2 Å². The molecule has 1 amide bonds. The van der Waals surface area contributed by atoms with Crippen LogP contribution in [0.4, 0.5) is 0 Å². The zero-order valence-electron chi connectivity index (χ0n) is 20.7. The highest BCUT2D eigenvalue weighted by Crippen LogP contribution is 2.56.